The van der Waals surface area contributed by atoms with Gasteiger partial charge in [0.2, 0.25) is 0 Å². The monoisotopic (exact) mass is 233 g/mol. The second-order valence-electron chi connectivity index (χ2n) is 5.01. The van der Waals surface area contributed by atoms with Gasteiger partial charge in [0.1, 0.15) is 0 Å². The summed E-state index contributed by atoms with van der Waals surface area (Å²) in [5.74, 6) is 0.586. The third-order valence-electron chi connectivity index (χ3n) is 3.91. The first kappa shape index (κ1) is 12.5. The minimum Gasteiger partial charge on any atom is -0.312 e. The Hall–Kier alpha value is -0.930. The quantitative estimate of drug-likeness (QED) is 0.847. The van der Waals surface area contributed by atoms with Gasteiger partial charge in [-0.05, 0) is 31.5 Å². The molecule has 2 heterocycles. The van der Waals surface area contributed by atoms with Gasteiger partial charge in [0.25, 0.3) is 0 Å². The van der Waals surface area contributed by atoms with Crippen molar-refractivity contribution in [1.82, 2.24) is 15.2 Å². The lowest BCUT2D eigenvalue weighted by Crippen LogP contribution is -2.36. The first-order valence-corrected chi connectivity index (χ1v) is 6.58. The Kier molecular flexibility index (Phi) is 4.13. The standard InChI is InChI=1S/C14H23N3/c1-4-12-11(2)14(17(3)10-9-16-12)13-7-5-6-8-15-13/h5-8,11-12,14,16H,4,9-10H2,1-3H3/t11-,12?,14-/m1/s1. The van der Waals surface area contributed by atoms with E-state index in [1.54, 1.807) is 0 Å². The third-order valence-corrected chi connectivity index (χ3v) is 3.91. The van der Waals surface area contributed by atoms with Crippen molar-refractivity contribution in [2.24, 2.45) is 5.92 Å². The van der Waals surface area contributed by atoms with Crippen LogP contribution in [-0.4, -0.2) is 36.1 Å². The highest BCUT2D eigenvalue weighted by Gasteiger charge is 2.31. The van der Waals surface area contributed by atoms with Gasteiger partial charge in [-0.15, -0.1) is 0 Å². The van der Waals surface area contributed by atoms with Crippen LogP contribution in [0, 0.1) is 5.92 Å². The molecule has 1 unspecified atom stereocenters. The van der Waals surface area contributed by atoms with Crippen LogP contribution in [0.15, 0.2) is 24.4 Å². The second-order valence-corrected chi connectivity index (χ2v) is 5.01. The summed E-state index contributed by atoms with van der Waals surface area (Å²) in [6.07, 6.45) is 3.08. The summed E-state index contributed by atoms with van der Waals surface area (Å²) in [7, 11) is 2.20. The lowest BCUT2D eigenvalue weighted by atomic mass is 9.89. The van der Waals surface area contributed by atoms with E-state index in [0.717, 1.165) is 13.1 Å². The maximum Gasteiger partial charge on any atom is 0.0578 e. The molecule has 1 aliphatic heterocycles. The predicted octanol–water partition coefficient (Wildman–Crippen LogP) is 2.07. The smallest absolute Gasteiger partial charge is 0.0578 e. The Labute approximate surface area is 104 Å². The fourth-order valence-corrected chi connectivity index (χ4v) is 2.93. The summed E-state index contributed by atoms with van der Waals surface area (Å²) >= 11 is 0. The van der Waals surface area contributed by atoms with Crippen molar-refractivity contribution in [3.05, 3.63) is 30.1 Å². The van der Waals surface area contributed by atoms with Crippen LogP contribution >= 0.6 is 0 Å². The highest BCUT2D eigenvalue weighted by atomic mass is 15.2. The largest absolute Gasteiger partial charge is 0.312 e. The maximum atomic E-state index is 4.54. The van der Waals surface area contributed by atoms with Crippen LogP contribution in [0.5, 0.6) is 0 Å². The fraction of sp³-hybridized carbons (Fsp3) is 0.643. The third kappa shape index (κ3) is 2.67. The molecule has 1 aromatic rings. The molecule has 3 heteroatoms. The first-order valence-electron chi connectivity index (χ1n) is 6.58. The van der Waals surface area contributed by atoms with Gasteiger partial charge in [-0.1, -0.05) is 19.9 Å². The number of likely N-dealkylation sites (N-methyl/N-ethyl adjacent to an activating group) is 1. The summed E-state index contributed by atoms with van der Waals surface area (Å²) in [4.78, 5) is 6.97. The zero-order chi connectivity index (χ0) is 12.3. The minimum atomic E-state index is 0.427. The minimum absolute atomic E-state index is 0.427. The van der Waals surface area contributed by atoms with E-state index >= 15 is 0 Å². The average molecular weight is 233 g/mol. The van der Waals surface area contributed by atoms with Crippen molar-refractivity contribution in [2.75, 3.05) is 20.1 Å². The van der Waals surface area contributed by atoms with Crippen LogP contribution in [0.2, 0.25) is 0 Å². The van der Waals surface area contributed by atoms with Gasteiger partial charge in [0, 0.05) is 25.3 Å². The molecule has 1 saturated heterocycles. The maximum absolute atomic E-state index is 4.54. The van der Waals surface area contributed by atoms with E-state index in [0.29, 0.717) is 18.0 Å². The molecule has 1 fully saturated rings. The molecule has 3 nitrogen and oxygen atoms in total. The fourth-order valence-electron chi connectivity index (χ4n) is 2.93. The molecule has 0 bridgehead atoms. The summed E-state index contributed by atoms with van der Waals surface area (Å²) in [5.41, 5.74) is 1.20. The van der Waals surface area contributed by atoms with Crippen molar-refractivity contribution < 1.29 is 0 Å². The van der Waals surface area contributed by atoms with Gasteiger partial charge in [-0.2, -0.15) is 0 Å². The Bertz CT molecular complexity index is 339. The number of pyridine rings is 1. The number of rotatable bonds is 2. The van der Waals surface area contributed by atoms with Crippen LogP contribution in [0.4, 0.5) is 0 Å². The summed E-state index contributed by atoms with van der Waals surface area (Å²) < 4.78 is 0. The lowest BCUT2D eigenvalue weighted by Gasteiger charge is -2.32. The van der Waals surface area contributed by atoms with Gasteiger partial charge in [-0.25, -0.2) is 0 Å². The molecule has 0 radical (unpaired) electrons. The molecule has 0 aromatic carbocycles. The molecule has 1 aromatic heterocycles. The van der Waals surface area contributed by atoms with E-state index in [2.05, 4.69) is 48.2 Å². The second kappa shape index (κ2) is 5.61. The zero-order valence-electron chi connectivity index (χ0n) is 11.1. The van der Waals surface area contributed by atoms with E-state index in [-0.39, 0.29) is 0 Å². The van der Waals surface area contributed by atoms with Gasteiger partial charge < -0.3 is 5.32 Å². The Balaban J connectivity index is 2.27. The van der Waals surface area contributed by atoms with E-state index in [9.17, 15) is 0 Å². The molecule has 94 valence electrons. The number of nitrogens with zero attached hydrogens (tertiary/aromatic N) is 2. The van der Waals surface area contributed by atoms with E-state index in [1.165, 1.54) is 12.1 Å². The molecule has 2 rings (SSSR count). The lowest BCUT2D eigenvalue weighted by molar-refractivity contribution is 0.187. The highest BCUT2D eigenvalue weighted by molar-refractivity contribution is 5.11. The zero-order valence-corrected chi connectivity index (χ0v) is 11.1. The van der Waals surface area contributed by atoms with Gasteiger partial charge in [0.05, 0.1) is 11.7 Å². The molecule has 0 amide bonds. The molecular weight excluding hydrogens is 210 g/mol. The van der Waals surface area contributed by atoms with Gasteiger partial charge in [0.15, 0.2) is 0 Å². The molecule has 0 spiro atoms. The van der Waals surface area contributed by atoms with Crippen molar-refractivity contribution in [3.63, 3.8) is 0 Å². The predicted molar refractivity (Wildman–Crippen MR) is 70.9 cm³/mol. The van der Waals surface area contributed by atoms with Crippen LogP contribution in [0.3, 0.4) is 0 Å². The highest BCUT2D eigenvalue weighted by Crippen LogP contribution is 2.30. The molecule has 3 atom stereocenters. The summed E-state index contributed by atoms with van der Waals surface area (Å²) in [5, 5.41) is 3.64. The van der Waals surface area contributed by atoms with E-state index in [4.69, 9.17) is 0 Å². The topological polar surface area (TPSA) is 28.2 Å². The molecule has 1 N–H and O–H groups in total. The summed E-state index contributed by atoms with van der Waals surface area (Å²) in [6.45, 7) is 6.75. The summed E-state index contributed by atoms with van der Waals surface area (Å²) in [6, 6.07) is 7.24. The van der Waals surface area contributed by atoms with Crippen LogP contribution in [0.25, 0.3) is 0 Å². The number of hydrogen-bond donors (Lipinski definition) is 1. The average Bonchev–Trinajstić information content (AvgIpc) is 2.49. The van der Waals surface area contributed by atoms with Crippen LogP contribution < -0.4 is 5.32 Å². The first-order chi connectivity index (χ1) is 8.24. The Morgan fingerprint density at radius 1 is 1.47 bits per heavy atom. The molecular formula is C14H23N3. The van der Waals surface area contributed by atoms with Crippen molar-refractivity contribution in [2.45, 2.75) is 32.4 Å². The van der Waals surface area contributed by atoms with Crippen molar-refractivity contribution >= 4 is 0 Å². The normalized spacial score (nSPS) is 31.1. The Morgan fingerprint density at radius 2 is 2.29 bits per heavy atom. The number of nitrogens with one attached hydrogen (secondary N) is 1. The van der Waals surface area contributed by atoms with Crippen molar-refractivity contribution in [3.8, 4) is 0 Å². The van der Waals surface area contributed by atoms with Crippen LogP contribution in [-0.2, 0) is 0 Å². The van der Waals surface area contributed by atoms with Crippen molar-refractivity contribution in [1.29, 1.82) is 0 Å². The van der Waals surface area contributed by atoms with Gasteiger partial charge >= 0.3 is 0 Å². The molecule has 1 aliphatic rings. The number of hydrogen-bond acceptors (Lipinski definition) is 3. The van der Waals surface area contributed by atoms with Gasteiger partial charge in [-0.3, -0.25) is 9.88 Å². The molecule has 0 aliphatic carbocycles. The SMILES string of the molecule is CCC1NCCN(C)[C@@H](c2ccccn2)[C@@H]1C. The number of aromatic nitrogens is 1. The van der Waals surface area contributed by atoms with Crippen LogP contribution in [0.1, 0.15) is 32.0 Å². The van der Waals surface area contributed by atoms with E-state index < -0.39 is 0 Å². The Morgan fingerprint density at radius 3 is 2.94 bits per heavy atom. The van der Waals surface area contributed by atoms with E-state index in [1.807, 2.05) is 12.3 Å². The molecule has 0 saturated carbocycles. The molecule has 17 heavy (non-hydrogen) atoms.